The molecule has 0 bridgehead atoms. The molecule has 1 aliphatic carbocycles. The van der Waals surface area contributed by atoms with Gasteiger partial charge in [-0.1, -0.05) is 29.8 Å². The predicted molar refractivity (Wildman–Crippen MR) is 116 cm³/mol. The third kappa shape index (κ3) is 5.82. The maximum atomic E-state index is 4.29. The van der Waals surface area contributed by atoms with E-state index in [4.69, 9.17) is 0 Å². The molecule has 7 heteroatoms. The van der Waals surface area contributed by atoms with Crippen molar-refractivity contribution in [2.75, 3.05) is 13.6 Å². The van der Waals surface area contributed by atoms with E-state index in [1.54, 1.807) is 18.9 Å². The minimum atomic E-state index is 0. The van der Waals surface area contributed by atoms with Crippen LogP contribution in [0.15, 0.2) is 53.3 Å². The van der Waals surface area contributed by atoms with Gasteiger partial charge in [0.2, 0.25) is 0 Å². The van der Waals surface area contributed by atoms with E-state index in [0.717, 1.165) is 30.4 Å². The van der Waals surface area contributed by atoms with Crippen LogP contribution in [0.5, 0.6) is 0 Å². The Hall–Kier alpha value is -1.90. The van der Waals surface area contributed by atoms with Gasteiger partial charge in [-0.2, -0.15) is 0 Å². The van der Waals surface area contributed by atoms with E-state index < -0.39 is 0 Å². The largest absolute Gasteiger partial charge is 0.356 e. The molecule has 26 heavy (non-hydrogen) atoms. The minimum absolute atomic E-state index is 0. The van der Waals surface area contributed by atoms with Crippen LogP contribution >= 0.6 is 24.0 Å². The van der Waals surface area contributed by atoms with Crippen LogP contribution in [-0.2, 0) is 6.54 Å². The lowest BCUT2D eigenvalue weighted by atomic mass is 9.97. The molecule has 0 spiro atoms. The summed E-state index contributed by atoms with van der Waals surface area (Å²) in [6, 6.07) is 10.1. The highest BCUT2D eigenvalue weighted by Crippen LogP contribution is 2.19. The van der Waals surface area contributed by atoms with Crippen molar-refractivity contribution in [1.82, 2.24) is 25.4 Å². The molecule has 0 saturated heterocycles. The lowest BCUT2D eigenvalue weighted by molar-refractivity contribution is 0.664. The van der Waals surface area contributed by atoms with E-state index in [2.05, 4.69) is 31.9 Å². The normalized spacial score (nSPS) is 14.3. The van der Waals surface area contributed by atoms with Gasteiger partial charge in [-0.15, -0.1) is 34.2 Å². The third-order valence-electron chi connectivity index (χ3n) is 4.41. The summed E-state index contributed by atoms with van der Waals surface area (Å²) in [6.07, 6.45) is 10.4. The number of nitrogens with one attached hydrogen (secondary N) is 2. The third-order valence-corrected chi connectivity index (χ3v) is 4.41. The first-order chi connectivity index (χ1) is 12.4. The number of rotatable bonds is 6. The van der Waals surface area contributed by atoms with Crippen molar-refractivity contribution in [2.45, 2.75) is 38.6 Å². The topological polar surface area (TPSA) is 67.1 Å². The van der Waals surface area contributed by atoms with Crippen LogP contribution < -0.4 is 10.6 Å². The van der Waals surface area contributed by atoms with E-state index >= 15 is 0 Å². The minimum Gasteiger partial charge on any atom is -0.356 e. The van der Waals surface area contributed by atoms with Crippen molar-refractivity contribution in [1.29, 1.82) is 0 Å². The Morgan fingerprint density at radius 3 is 2.77 bits per heavy atom. The van der Waals surface area contributed by atoms with Crippen LogP contribution in [0.1, 0.15) is 37.9 Å². The van der Waals surface area contributed by atoms with Crippen LogP contribution in [0, 0.1) is 0 Å². The zero-order valence-corrected chi connectivity index (χ0v) is 17.5. The van der Waals surface area contributed by atoms with Crippen LogP contribution in [0.4, 0.5) is 0 Å². The summed E-state index contributed by atoms with van der Waals surface area (Å²) >= 11 is 0. The first-order valence-electron chi connectivity index (χ1n) is 8.93. The number of aromatic nitrogens is 3. The number of para-hydroxylation sites is 1. The molecule has 0 unspecified atom stereocenters. The van der Waals surface area contributed by atoms with Gasteiger partial charge in [0.1, 0.15) is 6.33 Å². The first-order valence-corrected chi connectivity index (χ1v) is 8.93. The summed E-state index contributed by atoms with van der Waals surface area (Å²) in [5.41, 5.74) is 2.62. The Morgan fingerprint density at radius 2 is 2.04 bits per heavy atom. The number of hydrogen-bond acceptors (Lipinski definition) is 3. The average molecular weight is 466 g/mol. The van der Waals surface area contributed by atoms with Crippen molar-refractivity contribution >= 4 is 29.9 Å². The van der Waals surface area contributed by atoms with Gasteiger partial charge >= 0.3 is 0 Å². The van der Waals surface area contributed by atoms with Gasteiger partial charge in [0.25, 0.3) is 0 Å². The van der Waals surface area contributed by atoms with Crippen LogP contribution in [0.3, 0.4) is 0 Å². The van der Waals surface area contributed by atoms with Gasteiger partial charge in [0, 0.05) is 19.3 Å². The SMILES string of the molecule is CN=C(NCCC1=CCCCC1)NCc1nncn1-c1ccccc1.I. The van der Waals surface area contributed by atoms with Crippen molar-refractivity contribution in [3.05, 3.63) is 54.1 Å². The Bertz CT molecular complexity index is 723. The van der Waals surface area contributed by atoms with Crippen LogP contribution in [0.25, 0.3) is 5.69 Å². The molecular formula is C19H27IN6. The average Bonchev–Trinajstić information content (AvgIpc) is 3.14. The van der Waals surface area contributed by atoms with Crippen molar-refractivity contribution < 1.29 is 0 Å². The summed E-state index contributed by atoms with van der Waals surface area (Å²) in [6.45, 7) is 1.47. The van der Waals surface area contributed by atoms with E-state index in [9.17, 15) is 0 Å². The second kappa shape index (κ2) is 10.9. The quantitative estimate of drug-likeness (QED) is 0.296. The van der Waals surface area contributed by atoms with Gasteiger partial charge in [-0.25, -0.2) is 0 Å². The molecule has 140 valence electrons. The monoisotopic (exact) mass is 466 g/mol. The summed E-state index contributed by atoms with van der Waals surface area (Å²) in [4.78, 5) is 4.29. The number of aliphatic imine (C=N–C) groups is 1. The van der Waals surface area contributed by atoms with Gasteiger partial charge in [-0.3, -0.25) is 9.56 Å². The van der Waals surface area contributed by atoms with Crippen LogP contribution in [0.2, 0.25) is 0 Å². The molecule has 2 aromatic rings. The molecule has 0 amide bonds. The molecule has 1 aromatic heterocycles. The number of nitrogens with zero attached hydrogens (tertiary/aromatic N) is 4. The molecule has 3 rings (SSSR count). The lowest BCUT2D eigenvalue weighted by Gasteiger charge is -2.15. The molecule has 1 heterocycles. The van der Waals surface area contributed by atoms with E-state index in [1.807, 2.05) is 34.9 Å². The van der Waals surface area contributed by atoms with Crippen molar-refractivity contribution in [3.63, 3.8) is 0 Å². The van der Waals surface area contributed by atoms with E-state index in [0.29, 0.717) is 6.54 Å². The first kappa shape index (κ1) is 20.4. The van der Waals surface area contributed by atoms with Gasteiger partial charge < -0.3 is 10.6 Å². The summed E-state index contributed by atoms with van der Waals surface area (Å²) in [5.74, 6) is 1.64. The number of hydrogen-bond donors (Lipinski definition) is 2. The number of halogens is 1. The fourth-order valence-corrected chi connectivity index (χ4v) is 3.04. The number of benzene rings is 1. The predicted octanol–water partition coefficient (Wildman–Crippen LogP) is 3.44. The second-order valence-electron chi connectivity index (χ2n) is 6.16. The number of allylic oxidation sites excluding steroid dienone is 1. The van der Waals surface area contributed by atoms with Gasteiger partial charge in [0.05, 0.1) is 6.54 Å². The highest BCUT2D eigenvalue weighted by atomic mass is 127. The highest BCUT2D eigenvalue weighted by molar-refractivity contribution is 14.0. The molecule has 0 atom stereocenters. The zero-order valence-electron chi connectivity index (χ0n) is 15.2. The fourth-order valence-electron chi connectivity index (χ4n) is 3.04. The second-order valence-corrected chi connectivity index (χ2v) is 6.16. The molecule has 0 radical (unpaired) electrons. The maximum absolute atomic E-state index is 4.29. The van der Waals surface area contributed by atoms with E-state index in [-0.39, 0.29) is 24.0 Å². The Morgan fingerprint density at radius 1 is 1.19 bits per heavy atom. The summed E-state index contributed by atoms with van der Waals surface area (Å²) in [7, 11) is 1.79. The van der Waals surface area contributed by atoms with E-state index in [1.165, 1.54) is 25.7 Å². The zero-order chi connectivity index (χ0) is 17.3. The van der Waals surface area contributed by atoms with Crippen molar-refractivity contribution in [3.8, 4) is 5.69 Å². The highest BCUT2D eigenvalue weighted by Gasteiger charge is 2.08. The molecule has 2 N–H and O–H groups in total. The Kier molecular flexibility index (Phi) is 8.60. The maximum Gasteiger partial charge on any atom is 0.191 e. The van der Waals surface area contributed by atoms with Crippen LogP contribution in [-0.4, -0.2) is 34.3 Å². The molecule has 0 aliphatic heterocycles. The summed E-state index contributed by atoms with van der Waals surface area (Å²) in [5, 5.41) is 14.9. The molecule has 6 nitrogen and oxygen atoms in total. The molecule has 0 fully saturated rings. The molecule has 0 saturated carbocycles. The fraction of sp³-hybridized carbons (Fsp3) is 0.421. The standard InChI is InChI=1S/C19H26N6.HI/c1-20-19(21-13-12-16-8-4-2-5-9-16)22-14-18-24-23-15-25(18)17-10-6-3-7-11-17;/h3,6-8,10-11,15H,2,4-5,9,12-14H2,1H3,(H2,20,21,22);1H. The molecule has 1 aromatic carbocycles. The van der Waals surface area contributed by atoms with Crippen molar-refractivity contribution in [2.24, 2.45) is 4.99 Å². The smallest absolute Gasteiger partial charge is 0.191 e. The summed E-state index contributed by atoms with van der Waals surface area (Å²) < 4.78 is 1.98. The molecular weight excluding hydrogens is 439 g/mol. The number of guanidine groups is 1. The Labute approximate surface area is 172 Å². The lowest BCUT2D eigenvalue weighted by Crippen LogP contribution is -2.38. The Balaban J connectivity index is 0.00000243. The van der Waals surface area contributed by atoms with Gasteiger partial charge in [0.15, 0.2) is 11.8 Å². The van der Waals surface area contributed by atoms with Gasteiger partial charge in [-0.05, 0) is 44.2 Å². The molecule has 1 aliphatic rings.